The molecule has 2 aliphatic heterocycles. The molecule has 14 heteroatoms. The van der Waals surface area contributed by atoms with Crippen LogP contribution in [0.4, 0.5) is 16.2 Å². The van der Waals surface area contributed by atoms with Crippen LogP contribution in [0.5, 0.6) is 0 Å². The summed E-state index contributed by atoms with van der Waals surface area (Å²) in [4.78, 5) is 43.8. The van der Waals surface area contributed by atoms with E-state index < -0.39 is 27.9 Å². The summed E-state index contributed by atoms with van der Waals surface area (Å²) in [5.74, 6) is -0.260. The summed E-state index contributed by atoms with van der Waals surface area (Å²) in [6.45, 7) is 1.41. The Bertz CT molecular complexity index is 1600. The summed E-state index contributed by atoms with van der Waals surface area (Å²) in [5.41, 5.74) is 2.07. The monoisotopic (exact) mass is 577 g/mol. The van der Waals surface area contributed by atoms with Crippen LogP contribution in [0, 0.1) is 0 Å². The van der Waals surface area contributed by atoms with Gasteiger partial charge in [0.15, 0.2) is 0 Å². The Labute approximate surface area is 225 Å². The molecule has 0 aliphatic carbocycles. The first kappa shape index (κ1) is 25.2. The van der Waals surface area contributed by atoms with Gasteiger partial charge in [0.25, 0.3) is 15.9 Å². The third-order valence-corrected chi connectivity index (χ3v) is 8.92. The average molecular weight is 578 g/mol. The first-order chi connectivity index (χ1) is 17.6. The summed E-state index contributed by atoms with van der Waals surface area (Å²) in [6, 6.07) is 11.0. The second-order valence-corrected chi connectivity index (χ2v) is 12.1. The highest BCUT2D eigenvalue weighted by atomic mass is 35.5. The van der Waals surface area contributed by atoms with E-state index in [0.717, 1.165) is 34.2 Å². The Kier molecular flexibility index (Phi) is 6.67. The number of carbonyl (C=O) groups is 3. The molecule has 0 unspecified atom stereocenters. The molecule has 0 spiro atoms. The molecule has 37 heavy (non-hydrogen) atoms. The molecule has 3 heterocycles. The number of anilines is 2. The van der Waals surface area contributed by atoms with Gasteiger partial charge < -0.3 is 10.6 Å². The van der Waals surface area contributed by atoms with Crippen LogP contribution in [0.25, 0.3) is 0 Å². The minimum absolute atomic E-state index is 0.00841. The summed E-state index contributed by atoms with van der Waals surface area (Å²) >= 11 is 12.9. The number of rotatable bonds is 5. The number of nitrogens with one attached hydrogen (secondary N) is 3. The number of nitrogens with zero attached hydrogens (tertiary/aromatic N) is 2. The van der Waals surface area contributed by atoms with Gasteiger partial charge in [-0.15, -0.1) is 11.3 Å². The number of hydrogen-bond donors (Lipinski definition) is 3. The molecule has 10 nitrogen and oxygen atoms in total. The summed E-state index contributed by atoms with van der Waals surface area (Å²) in [7, 11) is -4.12. The maximum atomic E-state index is 13.2. The van der Waals surface area contributed by atoms with Gasteiger partial charge in [0, 0.05) is 23.4 Å². The third kappa shape index (κ3) is 5.05. The zero-order chi connectivity index (χ0) is 26.3. The number of thiophene rings is 1. The van der Waals surface area contributed by atoms with E-state index in [0.29, 0.717) is 17.7 Å². The fraction of sp³-hybridized carbons (Fsp3) is 0.130. The highest BCUT2D eigenvalue weighted by Gasteiger charge is 2.34. The lowest BCUT2D eigenvalue weighted by molar-refractivity contribution is -0.117. The molecule has 4 amide bonds. The molecule has 0 bridgehead atoms. The number of amides is 4. The third-order valence-electron chi connectivity index (χ3n) is 5.56. The number of aliphatic imine (C=N–C) groups is 1. The predicted octanol–water partition coefficient (Wildman–Crippen LogP) is 3.64. The molecule has 0 atom stereocenters. The van der Waals surface area contributed by atoms with Gasteiger partial charge in [-0.2, -0.15) is 0 Å². The molecule has 0 fully saturated rings. The molecule has 2 aromatic carbocycles. The standard InChI is InChI=1S/C23H17Cl2N5O5S2/c24-16-11-14(28-23(33)29-37(34,35)20-6-5-18(25)36-20)2-4-17(16)30-19(31)10-13-9-12(21-26-7-8-27-21)1-3-15(13)22(30)32/h1-6,9,11H,7-8,10H2,(H,26,27)(H2,28,29,33). The quantitative estimate of drug-likeness (QED) is 0.396. The van der Waals surface area contributed by atoms with E-state index in [9.17, 15) is 22.8 Å². The average Bonchev–Trinajstić information content (AvgIpc) is 3.52. The van der Waals surface area contributed by atoms with E-state index in [1.54, 1.807) is 18.2 Å². The molecule has 3 N–H and O–H groups in total. The van der Waals surface area contributed by atoms with Crippen molar-refractivity contribution in [2.75, 3.05) is 23.3 Å². The second-order valence-electron chi connectivity index (χ2n) is 8.02. The van der Waals surface area contributed by atoms with Gasteiger partial charge in [-0.05, 0) is 48.0 Å². The van der Waals surface area contributed by atoms with E-state index in [4.69, 9.17) is 23.2 Å². The van der Waals surface area contributed by atoms with Crippen molar-refractivity contribution < 1.29 is 22.8 Å². The Hall–Kier alpha value is -3.45. The van der Waals surface area contributed by atoms with E-state index in [2.05, 4.69) is 15.6 Å². The Balaban J connectivity index is 1.33. The van der Waals surface area contributed by atoms with Gasteiger partial charge >= 0.3 is 6.03 Å². The highest BCUT2D eigenvalue weighted by Crippen LogP contribution is 2.33. The molecule has 1 aromatic heterocycles. The molecule has 3 aromatic rings. The zero-order valence-electron chi connectivity index (χ0n) is 18.7. The Morgan fingerprint density at radius 3 is 2.57 bits per heavy atom. The molecule has 0 saturated carbocycles. The SMILES string of the molecule is O=C(Nc1ccc(N2C(=O)Cc3cc(C4=NCCN4)ccc3C2=O)c(Cl)c1)NS(=O)(=O)c1ccc(Cl)s1. The number of halogens is 2. The van der Waals surface area contributed by atoms with Crippen molar-refractivity contribution in [3.05, 3.63) is 74.6 Å². The largest absolute Gasteiger partial charge is 0.368 e. The molecule has 0 saturated heterocycles. The van der Waals surface area contributed by atoms with E-state index >= 15 is 0 Å². The molecule has 0 radical (unpaired) electrons. The Morgan fingerprint density at radius 1 is 1.08 bits per heavy atom. The number of benzene rings is 2. The number of carbonyl (C=O) groups excluding carboxylic acids is 3. The van der Waals surface area contributed by atoms with Crippen molar-refractivity contribution in [1.29, 1.82) is 0 Å². The number of urea groups is 1. The van der Waals surface area contributed by atoms with E-state index in [-0.39, 0.29) is 31.4 Å². The first-order valence-electron chi connectivity index (χ1n) is 10.8. The number of imide groups is 1. The second kappa shape index (κ2) is 9.78. The van der Waals surface area contributed by atoms with E-state index in [1.165, 1.54) is 30.3 Å². The van der Waals surface area contributed by atoms with Gasteiger partial charge in [0.2, 0.25) is 5.91 Å². The van der Waals surface area contributed by atoms with Gasteiger partial charge in [-0.1, -0.05) is 29.3 Å². The van der Waals surface area contributed by atoms with Crippen LogP contribution < -0.4 is 20.3 Å². The summed E-state index contributed by atoms with van der Waals surface area (Å²) < 4.78 is 26.6. The summed E-state index contributed by atoms with van der Waals surface area (Å²) in [6.07, 6.45) is -0.00841. The van der Waals surface area contributed by atoms with Crippen molar-refractivity contribution in [3.63, 3.8) is 0 Å². The zero-order valence-corrected chi connectivity index (χ0v) is 21.9. The van der Waals surface area contributed by atoms with Crippen molar-refractivity contribution in [3.8, 4) is 0 Å². The number of hydrogen-bond acceptors (Lipinski definition) is 8. The van der Waals surface area contributed by atoms with Crippen LogP contribution in [0.3, 0.4) is 0 Å². The fourth-order valence-corrected chi connectivity index (χ4v) is 6.60. The fourth-order valence-electron chi connectivity index (χ4n) is 3.94. The first-order valence-corrected chi connectivity index (χ1v) is 13.9. The molecule has 190 valence electrons. The lowest BCUT2D eigenvalue weighted by Crippen LogP contribution is -2.42. The maximum Gasteiger partial charge on any atom is 0.333 e. The minimum Gasteiger partial charge on any atom is -0.368 e. The van der Waals surface area contributed by atoms with Crippen LogP contribution in [-0.4, -0.2) is 45.2 Å². The van der Waals surface area contributed by atoms with Gasteiger partial charge in [0.1, 0.15) is 10.0 Å². The van der Waals surface area contributed by atoms with E-state index in [1.807, 2.05) is 4.72 Å². The van der Waals surface area contributed by atoms with Crippen molar-refractivity contribution in [2.24, 2.45) is 4.99 Å². The minimum atomic E-state index is -4.12. The lowest BCUT2D eigenvalue weighted by Gasteiger charge is -2.28. The normalized spacial score (nSPS) is 15.2. The molecular weight excluding hydrogens is 561 g/mol. The lowest BCUT2D eigenvalue weighted by atomic mass is 9.95. The predicted molar refractivity (Wildman–Crippen MR) is 141 cm³/mol. The number of fused-ring (bicyclic) bond motifs is 1. The van der Waals surface area contributed by atoms with Crippen LogP contribution in [-0.2, 0) is 21.2 Å². The molecule has 2 aliphatic rings. The highest BCUT2D eigenvalue weighted by molar-refractivity contribution is 7.92. The van der Waals surface area contributed by atoms with Crippen molar-refractivity contribution in [1.82, 2.24) is 10.0 Å². The topological polar surface area (TPSA) is 137 Å². The van der Waals surface area contributed by atoms with Crippen molar-refractivity contribution >= 4 is 79.6 Å². The Morgan fingerprint density at radius 2 is 1.89 bits per heavy atom. The smallest absolute Gasteiger partial charge is 0.333 e. The van der Waals surface area contributed by atoms with Crippen LogP contribution in [0.1, 0.15) is 21.5 Å². The molecule has 5 rings (SSSR count). The van der Waals surface area contributed by atoms with Crippen LogP contribution in [0.2, 0.25) is 9.36 Å². The van der Waals surface area contributed by atoms with Crippen molar-refractivity contribution in [2.45, 2.75) is 10.6 Å². The van der Waals surface area contributed by atoms with Crippen LogP contribution >= 0.6 is 34.5 Å². The van der Waals surface area contributed by atoms with Gasteiger partial charge in [0.05, 0.1) is 28.0 Å². The van der Waals surface area contributed by atoms with Gasteiger partial charge in [-0.25, -0.2) is 22.8 Å². The number of sulfonamides is 1. The number of amidine groups is 1. The molecular formula is C23H17Cl2N5O5S2. The summed E-state index contributed by atoms with van der Waals surface area (Å²) in [5, 5.41) is 5.54. The van der Waals surface area contributed by atoms with Crippen LogP contribution in [0.15, 0.2) is 57.7 Å². The maximum absolute atomic E-state index is 13.2. The van der Waals surface area contributed by atoms with Gasteiger partial charge in [-0.3, -0.25) is 14.6 Å².